The van der Waals surface area contributed by atoms with Crippen LogP contribution < -0.4 is 5.32 Å². The summed E-state index contributed by atoms with van der Waals surface area (Å²) < 4.78 is 1.69. The van der Waals surface area contributed by atoms with Gasteiger partial charge < -0.3 is 15.3 Å². The van der Waals surface area contributed by atoms with Gasteiger partial charge in [0.2, 0.25) is 0 Å². The number of hydrogen-bond acceptors (Lipinski definition) is 4. The number of aliphatic hydroxyl groups excluding tert-OH is 1. The van der Waals surface area contributed by atoms with E-state index in [1.54, 1.807) is 15.8 Å². The summed E-state index contributed by atoms with van der Waals surface area (Å²) in [6, 6.07) is 0.340. The van der Waals surface area contributed by atoms with Crippen LogP contribution in [-0.4, -0.2) is 58.0 Å². The molecule has 1 aromatic rings. The van der Waals surface area contributed by atoms with Gasteiger partial charge in [0.05, 0.1) is 18.4 Å². The second kappa shape index (κ2) is 6.16. The number of rotatable bonds is 5. The summed E-state index contributed by atoms with van der Waals surface area (Å²) in [4.78, 5) is 14.2. The number of carbonyl (C=O) groups excluding carboxylic acids is 1. The number of nitrogens with zero attached hydrogens (tertiary/aromatic N) is 3. The first-order valence-corrected chi connectivity index (χ1v) is 6.75. The smallest absolute Gasteiger partial charge is 0.257 e. The highest BCUT2D eigenvalue weighted by Gasteiger charge is 2.24. The van der Waals surface area contributed by atoms with Gasteiger partial charge in [-0.15, -0.1) is 0 Å². The Labute approximate surface area is 113 Å². The third-order valence-corrected chi connectivity index (χ3v) is 3.73. The second-order valence-electron chi connectivity index (χ2n) is 5.04. The predicted octanol–water partition coefficient (Wildman–Crippen LogP) is -0.0850. The van der Waals surface area contributed by atoms with E-state index < -0.39 is 0 Å². The Balaban J connectivity index is 2.09. The molecule has 1 amide bonds. The maximum absolute atomic E-state index is 12.5. The molecule has 2 N–H and O–H groups in total. The van der Waals surface area contributed by atoms with Gasteiger partial charge in [-0.2, -0.15) is 5.10 Å². The molecule has 0 aliphatic carbocycles. The number of amides is 1. The van der Waals surface area contributed by atoms with E-state index in [1.165, 1.54) is 0 Å². The van der Waals surface area contributed by atoms with Crippen molar-refractivity contribution in [3.8, 4) is 0 Å². The van der Waals surface area contributed by atoms with E-state index >= 15 is 0 Å². The normalized spacial score (nSPS) is 18.8. The van der Waals surface area contributed by atoms with Crippen molar-refractivity contribution in [3.63, 3.8) is 0 Å². The number of nitrogens with one attached hydrogen (secondary N) is 1. The van der Waals surface area contributed by atoms with Gasteiger partial charge in [0.1, 0.15) is 0 Å². The van der Waals surface area contributed by atoms with Crippen molar-refractivity contribution in [2.24, 2.45) is 7.05 Å². The largest absolute Gasteiger partial charge is 0.395 e. The summed E-state index contributed by atoms with van der Waals surface area (Å²) in [5.74, 6) is -0.0478. The minimum Gasteiger partial charge on any atom is -0.395 e. The van der Waals surface area contributed by atoms with Crippen molar-refractivity contribution in [1.82, 2.24) is 20.0 Å². The van der Waals surface area contributed by atoms with Gasteiger partial charge in [-0.1, -0.05) is 0 Å². The topological polar surface area (TPSA) is 70.4 Å². The third-order valence-electron chi connectivity index (χ3n) is 3.73. The molecule has 0 spiro atoms. The maximum atomic E-state index is 12.5. The molecular weight excluding hydrogens is 244 g/mol. The molecule has 1 aliphatic heterocycles. The molecule has 106 valence electrons. The standard InChI is InChI=1S/C13H22N4O2/c1-10-12(8-15-16(10)2)13(19)17(6-7-18)9-11-4-3-5-14-11/h8,11,14,18H,3-7,9H2,1-2H3. The van der Waals surface area contributed by atoms with Crippen molar-refractivity contribution >= 4 is 5.91 Å². The number of hydrogen-bond donors (Lipinski definition) is 2. The first-order valence-electron chi connectivity index (χ1n) is 6.75. The van der Waals surface area contributed by atoms with Crippen LogP contribution in [0.25, 0.3) is 0 Å². The molecule has 6 heteroatoms. The number of carbonyl (C=O) groups is 1. The quantitative estimate of drug-likeness (QED) is 0.782. The zero-order valence-corrected chi connectivity index (χ0v) is 11.6. The number of aryl methyl sites for hydroxylation is 1. The fourth-order valence-corrected chi connectivity index (χ4v) is 2.45. The SMILES string of the molecule is Cc1c(C(=O)N(CCO)CC2CCCN2)cnn1C. The number of aliphatic hydroxyl groups is 1. The third kappa shape index (κ3) is 3.13. The van der Waals surface area contributed by atoms with Crippen LogP contribution in [0, 0.1) is 6.92 Å². The summed E-state index contributed by atoms with van der Waals surface area (Å²) in [6.07, 6.45) is 3.84. The summed E-state index contributed by atoms with van der Waals surface area (Å²) in [7, 11) is 1.82. The second-order valence-corrected chi connectivity index (χ2v) is 5.04. The fraction of sp³-hybridized carbons (Fsp3) is 0.692. The van der Waals surface area contributed by atoms with E-state index in [2.05, 4.69) is 10.4 Å². The van der Waals surface area contributed by atoms with E-state index in [4.69, 9.17) is 5.11 Å². The predicted molar refractivity (Wildman–Crippen MR) is 72.0 cm³/mol. The molecule has 1 saturated heterocycles. The van der Waals surface area contributed by atoms with Crippen LogP contribution in [0.1, 0.15) is 28.9 Å². The summed E-state index contributed by atoms with van der Waals surface area (Å²) >= 11 is 0. The summed E-state index contributed by atoms with van der Waals surface area (Å²) in [5, 5.41) is 16.6. The van der Waals surface area contributed by atoms with Crippen molar-refractivity contribution in [1.29, 1.82) is 0 Å². The summed E-state index contributed by atoms with van der Waals surface area (Å²) in [5.41, 5.74) is 1.47. The molecule has 1 atom stereocenters. The van der Waals surface area contributed by atoms with Gasteiger partial charge in [0.15, 0.2) is 0 Å². The fourth-order valence-electron chi connectivity index (χ4n) is 2.45. The molecule has 1 fully saturated rings. The first kappa shape index (κ1) is 14.0. The van der Waals surface area contributed by atoms with Gasteiger partial charge in [-0.3, -0.25) is 9.48 Å². The highest BCUT2D eigenvalue weighted by atomic mass is 16.3. The molecule has 0 aromatic carbocycles. The van der Waals surface area contributed by atoms with E-state index in [9.17, 15) is 4.79 Å². The highest BCUT2D eigenvalue weighted by Crippen LogP contribution is 2.12. The molecular formula is C13H22N4O2. The van der Waals surface area contributed by atoms with Crippen molar-refractivity contribution < 1.29 is 9.90 Å². The average Bonchev–Trinajstić information content (AvgIpc) is 3.00. The molecule has 6 nitrogen and oxygen atoms in total. The zero-order valence-electron chi connectivity index (χ0n) is 11.6. The Bertz CT molecular complexity index is 438. The van der Waals surface area contributed by atoms with Gasteiger partial charge in [0.25, 0.3) is 5.91 Å². The lowest BCUT2D eigenvalue weighted by Crippen LogP contribution is -2.42. The van der Waals surface area contributed by atoms with Gasteiger partial charge >= 0.3 is 0 Å². The van der Waals surface area contributed by atoms with Crippen LogP contribution in [0.5, 0.6) is 0 Å². The monoisotopic (exact) mass is 266 g/mol. The average molecular weight is 266 g/mol. The lowest BCUT2D eigenvalue weighted by molar-refractivity contribution is 0.0705. The van der Waals surface area contributed by atoms with Gasteiger partial charge in [-0.05, 0) is 26.3 Å². The van der Waals surface area contributed by atoms with Crippen LogP contribution in [0.3, 0.4) is 0 Å². The molecule has 1 aliphatic rings. The number of aromatic nitrogens is 2. The first-order chi connectivity index (χ1) is 9.13. The molecule has 1 unspecified atom stereocenters. The van der Waals surface area contributed by atoms with Gasteiger partial charge in [0, 0.05) is 31.9 Å². The maximum Gasteiger partial charge on any atom is 0.257 e. The van der Waals surface area contributed by atoms with Crippen molar-refractivity contribution in [2.45, 2.75) is 25.8 Å². The van der Waals surface area contributed by atoms with Crippen molar-refractivity contribution in [2.75, 3.05) is 26.2 Å². The lowest BCUT2D eigenvalue weighted by Gasteiger charge is -2.25. The van der Waals surface area contributed by atoms with Crippen LogP contribution in [0.15, 0.2) is 6.20 Å². The minimum atomic E-state index is -0.0478. The minimum absolute atomic E-state index is 0.0161. The van der Waals surface area contributed by atoms with E-state index in [1.807, 2.05) is 14.0 Å². The molecule has 2 heterocycles. The van der Waals surface area contributed by atoms with Gasteiger partial charge in [-0.25, -0.2) is 0 Å². The Morgan fingerprint density at radius 2 is 2.47 bits per heavy atom. The Hall–Kier alpha value is -1.40. The van der Waals surface area contributed by atoms with Crippen LogP contribution in [0.2, 0.25) is 0 Å². The van der Waals surface area contributed by atoms with E-state index in [0.29, 0.717) is 24.7 Å². The molecule has 2 rings (SSSR count). The molecule has 19 heavy (non-hydrogen) atoms. The van der Waals surface area contributed by atoms with Crippen LogP contribution >= 0.6 is 0 Å². The molecule has 0 saturated carbocycles. The highest BCUT2D eigenvalue weighted by molar-refractivity contribution is 5.95. The lowest BCUT2D eigenvalue weighted by atomic mass is 10.2. The molecule has 0 bridgehead atoms. The summed E-state index contributed by atoms with van der Waals surface area (Å²) in [6.45, 7) is 3.89. The van der Waals surface area contributed by atoms with Crippen LogP contribution in [0.4, 0.5) is 0 Å². The van der Waals surface area contributed by atoms with E-state index in [-0.39, 0.29) is 12.5 Å². The molecule has 1 aromatic heterocycles. The molecule has 0 radical (unpaired) electrons. The Morgan fingerprint density at radius 1 is 1.68 bits per heavy atom. The Morgan fingerprint density at radius 3 is 3.00 bits per heavy atom. The Kier molecular flexibility index (Phi) is 4.55. The zero-order chi connectivity index (χ0) is 13.8. The van der Waals surface area contributed by atoms with Crippen molar-refractivity contribution in [3.05, 3.63) is 17.5 Å². The van der Waals surface area contributed by atoms with E-state index in [0.717, 1.165) is 25.1 Å². The van der Waals surface area contributed by atoms with Crippen LogP contribution in [-0.2, 0) is 7.05 Å².